The van der Waals surface area contributed by atoms with E-state index in [1.165, 1.54) is 11.1 Å². The molecule has 0 N–H and O–H groups in total. The van der Waals surface area contributed by atoms with E-state index in [1.54, 1.807) is 4.68 Å². The molecular formula is C15H16IN3O. The Labute approximate surface area is 131 Å². The van der Waals surface area contributed by atoms with Gasteiger partial charge >= 0.3 is 0 Å². The maximum atomic E-state index is 12.5. The Kier molecular flexibility index (Phi) is 3.78. The van der Waals surface area contributed by atoms with E-state index in [4.69, 9.17) is 0 Å². The number of hydrogen-bond acceptors (Lipinski definition) is 2. The molecule has 0 bridgehead atoms. The Hall–Kier alpha value is -1.37. The van der Waals surface area contributed by atoms with Crippen LogP contribution in [0.5, 0.6) is 0 Å². The third-order valence-electron chi connectivity index (χ3n) is 3.67. The van der Waals surface area contributed by atoms with E-state index in [9.17, 15) is 4.79 Å². The lowest BCUT2D eigenvalue weighted by molar-refractivity contribution is 0.0741. The van der Waals surface area contributed by atoms with Gasteiger partial charge in [0, 0.05) is 35.5 Å². The quantitative estimate of drug-likeness (QED) is 0.766. The molecule has 0 saturated heterocycles. The number of rotatable bonds is 3. The highest BCUT2D eigenvalue weighted by atomic mass is 127. The molecule has 2 heterocycles. The van der Waals surface area contributed by atoms with Gasteiger partial charge in [0.1, 0.15) is 0 Å². The standard InChI is InChI=1S/C15H16IN3O/c1-18-10-11(9-17-18)4-6-19-7-5-12-2-3-13(16)8-14(12)15(19)20/h2-3,8-10H,4-7H2,1H3. The van der Waals surface area contributed by atoms with Gasteiger partial charge in [-0.15, -0.1) is 0 Å². The summed E-state index contributed by atoms with van der Waals surface area (Å²) in [5, 5.41) is 4.16. The van der Waals surface area contributed by atoms with Gasteiger partial charge in [-0.3, -0.25) is 9.48 Å². The molecule has 1 aromatic heterocycles. The second kappa shape index (κ2) is 5.55. The van der Waals surface area contributed by atoms with Crippen molar-refractivity contribution in [2.75, 3.05) is 13.1 Å². The van der Waals surface area contributed by atoms with E-state index in [0.717, 1.165) is 35.1 Å². The number of amides is 1. The van der Waals surface area contributed by atoms with Crippen molar-refractivity contribution in [1.82, 2.24) is 14.7 Å². The fraction of sp³-hybridized carbons (Fsp3) is 0.333. The van der Waals surface area contributed by atoms with Gasteiger partial charge in [0.05, 0.1) is 6.20 Å². The third-order valence-corrected chi connectivity index (χ3v) is 4.34. The molecule has 4 nitrogen and oxygen atoms in total. The van der Waals surface area contributed by atoms with Crippen molar-refractivity contribution < 1.29 is 4.79 Å². The molecule has 0 fully saturated rings. The van der Waals surface area contributed by atoms with E-state index in [1.807, 2.05) is 30.4 Å². The number of halogens is 1. The maximum absolute atomic E-state index is 12.5. The smallest absolute Gasteiger partial charge is 0.254 e. The Morgan fingerprint density at radius 1 is 1.40 bits per heavy atom. The van der Waals surface area contributed by atoms with Crippen LogP contribution in [0.25, 0.3) is 0 Å². The highest BCUT2D eigenvalue weighted by Gasteiger charge is 2.24. The molecule has 0 unspecified atom stereocenters. The van der Waals surface area contributed by atoms with Gasteiger partial charge < -0.3 is 4.90 Å². The van der Waals surface area contributed by atoms with Gasteiger partial charge in [0.25, 0.3) is 5.91 Å². The predicted octanol–water partition coefficient (Wildman–Crippen LogP) is 2.27. The SMILES string of the molecule is Cn1cc(CCN2CCc3ccc(I)cc3C2=O)cn1. The number of aromatic nitrogens is 2. The Morgan fingerprint density at radius 3 is 3.00 bits per heavy atom. The van der Waals surface area contributed by atoms with Crippen LogP contribution in [0.3, 0.4) is 0 Å². The van der Waals surface area contributed by atoms with Crippen LogP contribution in [0.4, 0.5) is 0 Å². The van der Waals surface area contributed by atoms with Crippen molar-refractivity contribution in [2.24, 2.45) is 7.05 Å². The molecule has 1 aliphatic heterocycles. The van der Waals surface area contributed by atoms with Crippen LogP contribution in [0, 0.1) is 3.57 Å². The van der Waals surface area contributed by atoms with Crippen LogP contribution in [0.15, 0.2) is 30.6 Å². The fourth-order valence-corrected chi connectivity index (χ4v) is 3.06. The first-order valence-electron chi connectivity index (χ1n) is 6.69. The summed E-state index contributed by atoms with van der Waals surface area (Å²) < 4.78 is 2.91. The van der Waals surface area contributed by atoms with E-state index < -0.39 is 0 Å². The molecule has 1 aromatic carbocycles. The van der Waals surface area contributed by atoms with Crippen molar-refractivity contribution in [3.63, 3.8) is 0 Å². The molecular weight excluding hydrogens is 365 g/mol. The molecule has 1 amide bonds. The van der Waals surface area contributed by atoms with E-state index in [2.05, 4.69) is 39.8 Å². The summed E-state index contributed by atoms with van der Waals surface area (Å²) in [5.74, 6) is 0.161. The van der Waals surface area contributed by atoms with Crippen LogP contribution >= 0.6 is 22.6 Å². The minimum atomic E-state index is 0.161. The lowest BCUT2D eigenvalue weighted by Crippen LogP contribution is -2.38. The molecule has 5 heteroatoms. The topological polar surface area (TPSA) is 38.1 Å². The van der Waals surface area contributed by atoms with Crippen LogP contribution < -0.4 is 0 Å². The van der Waals surface area contributed by atoms with Crippen molar-refractivity contribution >= 4 is 28.5 Å². The average Bonchev–Trinajstić information content (AvgIpc) is 2.84. The number of aryl methyl sites for hydroxylation is 1. The minimum absolute atomic E-state index is 0.161. The summed E-state index contributed by atoms with van der Waals surface area (Å²) in [6.45, 7) is 1.57. The van der Waals surface area contributed by atoms with Gasteiger partial charge in [-0.2, -0.15) is 5.10 Å². The molecule has 0 aliphatic carbocycles. The number of carbonyl (C=O) groups is 1. The molecule has 104 valence electrons. The zero-order valence-electron chi connectivity index (χ0n) is 11.3. The molecule has 3 rings (SSSR count). The Balaban J connectivity index is 1.72. The summed E-state index contributed by atoms with van der Waals surface area (Å²) in [4.78, 5) is 14.4. The molecule has 2 aromatic rings. The molecule has 1 aliphatic rings. The van der Waals surface area contributed by atoms with Gasteiger partial charge in [-0.25, -0.2) is 0 Å². The zero-order chi connectivity index (χ0) is 14.1. The second-order valence-corrected chi connectivity index (χ2v) is 6.36. The summed E-state index contributed by atoms with van der Waals surface area (Å²) in [6, 6.07) is 6.14. The molecule has 0 spiro atoms. The van der Waals surface area contributed by atoms with Crippen LogP contribution in [0.1, 0.15) is 21.5 Å². The zero-order valence-corrected chi connectivity index (χ0v) is 13.5. The van der Waals surface area contributed by atoms with E-state index in [0.29, 0.717) is 0 Å². The highest BCUT2D eigenvalue weighted by molar-refractivity contribution is 14.1. The first kappa shape index (κ1) is 13.6. The second-order valence-electron chi connectivity index (χ2n) is 5.12. The first-order valence-corrected chi connectivity index (χ1v) is 7.76. The van der Waals surface area contributed by atoms with Gasteiger partial charge in [-0.1, -0.05) is 6.07 Å². The molecule has 0 radical (unpaired) electrons. The van der Waals surface area contributed by atoms with Crippen molar-refractivity contribution in [3.05, 3.63) is 50.9 Å². The lowest BCUT2D eigenvalue weighted by atomic mass is 9.99. The monoisotopic (exact) mass is 381 g/mol. The van der Waals surface area contributed by atoms with Crippen molar-refractivity contribution in [3.8, 4) is 0 Å². The third kappa shape index (κ3) is 2.72. The van der Waals surface area contributed by atoms with Crippen molar-refractivity contribution in [1.29, 1.82) is 0 Å². The summed E-state index contributed by atoms with van der Waals surface area (Å²) in [6.07, 6.45) is 5.68. The fourth-order valence-electron chi connectivity index (χ4n) is 2.57. The summed E-state index contributed by atoms with van der Waals surface area (Å²) in [7, 11) is 1.91. The van der Waals surface area contributed by atoms with Gasteiger partial charge in [0.2, 0.25) is 0 Å². The van der Waals surface area contributed by atoms with E-state index in [-0.39, 0.29) is 5.91 Å². The molecule has 20 heavy (non-hydrogen) atoms. The number of hydrogen-bond donors (Lipinski definition) is 0. The number of nitrogens with zero attached hydrogens (tertiary/aromatic N) is 3. The van der Waals surface area contributed by atoms with Crippen LogP contribution in [0.2, 0.25) is 0 Å². The normalized spacial score (nSPS) is 14.5. The maximum Gasteiger partial charge on any atom is 0.254 e. The number of fused-ring (bicyclic) bond motifs is 1. The minimum Gasteiger partial charge on any atom is -0.338 e. The van der Waals surface area contributed by atoms with Crippen LogP contribution in [-0.2, 0) is 19.9 Å². The predicted molar refractivity (Wildman–Crippen MR) is 85.7 cm³/mol. The largest absolute Gasteiger partial charge is 0.338 e. The first-order chi connectivity index (χ1) is 9.63. The number of carbonyl (C=O) groups excluding carboxylic acids is 1. The average molecular weight is 381 g/mol. The summed E-state index contributed by atoms with van der Waals surface area (Å²) >= 11 is 2.25. The van der Waals surface area contributed by atoms with Crippen LogP contribution in [-0.4, -0.2) is 33.7 Å². The number of benzene rings is 1. The summed E-state index contributed by atoms with van der Waals surface area (Å²) in [5.41, 5.74) is 3.22. The van der Waals surface area contributed by atoms with E-state index >= 15 is 0 Å². The van der Waals surface area contributed by atoms with Gasteiger partial charge in [0.15, 0.2) is 0 Å². The Morgan fingerprint density at radius 2 is 2.25 bits per heavy atom. The molecule has 0 saturated carbocycles. The highest BCUT2D eigenvalue weighted by Crippen LogP contribution is 2.21. The lowest BCUT2D eigenvalue weighted by Gasteiger charge is -2.28. The van der Waals surface area contributed by atoms with Crippen molar-refractivity contribution in [2.45, 2.75) is 12.8 Å². The van der Waals surface area contributed by atoms with Gasteiger partial charge in [-0.05, 0) is 58.7 Å². The molecule has 0 atom stereocenters. The Bertz CT molecular complexity index is 650.